The second kappa shape index (κ2) is 6.23. The average Bonchev–Trinajstić information content (AvgIpc) is 2.83. The number of nitrogens with zero attached hydrogens (tertiary/aromatic N) is 1. The highest BCUT2D eigenvalue weighted by Gasteiger charge is 2.28. The number of anilines is 1. The lowest BCUT2D eigenvalue weighted by Crippen LogP contribution is -2.37. The normalized spacial score (nSPS) is 14.2. The minimum Gasteiger partial charge on any atom is -0.375 e. The molecule has 1 aromatic rings. The number of amides is 1. The number of carbonyl (C=O) groups excluding carboxylic acids is 1. The number of carbonyl (C=O) groups is 1. The Morgan fingerprint density at radius 2 is 2.15 bits per heavy atom. The lowest BCUT2D eigenvalue weighted by Gasteiger charge is -2.19. The summed E-state index contributed by atoms with van der Waals surface area (Å²) in [6.45, 7) is 0.490. The summed E-state index contributed by atoms with van der Waals surface area (Å²) in [6.07, 6.45) is 0.728. The van der Waals surface area contributed by atoms with Gasteiger partial charge in [-0.25, -0.2) is 8.42 Å². The maximum absolute atomic E-state index is 12.3. The van der Waals surface area contributed by atoms with Crippen LogP contribution in [0.3, 0.4) is 0 Å². The first-order valence-electron chi connectivity index (χ1n) is 6.38. The lowest BCUT2D eigenvalue weighted by atomic mass is 10.2. The van der Waals surface area contributed by atoms with Crippen molar-refractivity contribution >= 4 is 21.6 Å². The lowest BCUT2D eigenvalue weighted by molar-refractivity contribution is -0.124. The molecule has 0 unspecified atom stereocenters. The van der Waals surface area contributed by atoms with E-state index in [-0.39, 0.29) is 24.8 Å². The fourth-order valence-electron chi connectivity index (χ4n) is 2.21. The largest absolute Gasteiger partial charge is 0.375 e. The summed E-state index contributed by atoms with van der Waals surface area (Å²) in [7, 11) is -1.99. The van der Waals surface area contributed by atoms with Crippen molar-refractivity contribution < 1.29 is 17.9 Å². The summed E-state index contributed by atoms with van der Waals surface area (Å²) in [6, 6.07) is 7.47. The molecule has 0 fully saturated rings. The van der Waals surface area contributed by atoms with Crippen molar-refractivity contribution in [3.05, 3.63) is 29.8 Å². The molecular formula is C13H18N2O4S. The SMILES string of the molecule is COCC(=O)NCCS(=O)(=O)N1CCc2ccccc21. The van der Waals surface area contributed by atoms with Gasteiger partial charge < -0.3 is 10.1 Å². The van der Waals surface area contributed by atoms with Crippen molar-refractivity contribution in [1.82, 2.24) is 5.32 Å². The Morgan fingerprint density at radius 1 is 1.40 bits per heavy atom. The Bertz CT molecular complexity index is 586. The number of methoxy groups -OCH3 is 1. The number of fused-ring (bicyclic) bond motifs is 1. The molecular weight excluding hydrogens is 280 g/mol. The number of hydrogen-bond acceptors (Lipinski definition) is 4. The summed E-state index contributed by atoms with van der Waals surface area (Å²) in [4.78, 5) is 11.2. The Kier molecular flexibility index (Phi) is 4.61. The van der Waals surface area contributed by atoms with E-state index < -0.39 is 10.0 Å². The van der Waals surface area contributed by atoms with Gasteiger partial charge in [0.2, 0.25) is 15.9 Å². The second-order valence-electron chi connectivity index (χ2n) is 4.55. The van der Waals surface area contributed by atoms with Gasteiger partial charge in [0.05, 0.1) is 11.4 Å². The number of para-hydroxylation sites is 1. The maximum atomic E-state index is 12.3. The molecule has 110 valence electrons. The van der Waals surface area contributed by atoms with Crippen LogP contribution in [0.4, 0.5) is 5.69 Å². The first-order valence-corrected chi connectivity index (χ1v) is 7.99. The van der Waals surface area contributed by atoms with Crippen molar-refractivity contribution in [1.29, 1.82) is 0 Å². The second-order valence-corrected chi connectivity index (χ2v) is 6.56. The highest BCUT2D eigenvalue weighted by atomic mass is 32.2. The van der Waals surface area contributed by atoms with Gasteiger partial charge in [-0.3, -0.25) is 9.10 Å². The van der Waals surface area contributed by atoms with Crippen LogP contribution in [0, 0.1) is 0 Å². The predicted octanol–water partition coefficient (Wildman–Crippen LogP) is 0.142. The Balaban J connectivity index is 1.97. The Labute approximate surface area is 118 Å². The number of nitrogens with one attached hydrogen (secondary N) is 1. The molecule has 1 aliphatic rings. The molecule has 0 bridgehead atoms. The first-order chi connectivity index (χ1) is 9.54. The van der Waals surface area contributed by atoms with E-state index in [0.717, 1.165) is 17.7 Å². The standard InChI is InChI=1S/C13H18N2O4S/c1-19-10-13(16)14-7-9-20(17,18)15-8-6-11-4-2-3-5-12(11)15/h2-5H,6-10H2,1H3,(H,14,16). The minimum atomic E-state index is -3.41. The molecule has 20 heavy (non-hydrogen) atoms. The van der Waals surface area contributed by atoms with Gasteiger partial charge in [-0.1, -0.05) is 18.2 Å². The molecule has 0 aromatic heterocycles. The number of rotatable bonds is 6. The third-order valence-electron chi connectivity index (χ3n) is 3.14. The van der Waals surface area contributed by atoms with Crippen LogP contribution < -0.4 is 9.62 Å². The van der Waals surface area contributed by atoms with Crippen LogP contribution in [-0.2, 0) is 26.0 Å². The summed E-state index contributed by atoms with van der Waals surface area (Å²) in [5.74, 6) is -0.430. The molecule has 0 saturated carbocycles. The van der Waals surface area contributed by atoms with E-state index in [1.807, 2.05) is 24.3 Å². The fourth-order valence-corrected chi connectivity index (χ4v) is 3.64. The molecule has 2 rings (SSSR count). The van der Waals surface area contributed by atoms with Crippen LogP contribution in [-0.4, -0.2) is 46.9 Å². The predicted molar refractivity (Wildman–Crippen MR) is 76.2 cm³/mol. The van der Waals surface area contributed by atoms with Crippen LogP contribution in [0.1, 0.15) is 5.56 Å². The van der Waals surface area contributed by atoms with Gasteiger partial charge in [0.1, 0.15) is 6.61 Å². The van der Waals surface area contributed by atoms with E-state index >= 15 is 0 Å². The molecule has 6 nitrogen and oxygen atoms in total. The molecule has 0 spiro atoms. The maximum Gasteiger partial charge on any atom is 0.246 e. The highest BCUT2D eigenvalue weighted by Crippen LogP contribution is 2.29. The van der Waals surface area contributed by atoms with Crippen LogP contribution in [0.2, 0.25) is 0 Å². The molecule has 1 heterocycles. The fraction of sp³-hybridized carbons (Fsp3) is 0.462. The number of benzene rings is 1. The molecule has 1 aliphatic heterocycles. The van der Waals surface area contributed by atoms with E-state index in [9.17, 15) is 13.2 Å². The molecule has 1 aromatic carbocycles. The Morgan fingerprint density at radius 3 is 2.90 bits per heavy atom. The monoisotopic (exact) mass is 298 g/mol. The molecule has 1 N–H and O–H groups in total. The number of ether oxygens (including phenoxy) is 1. The van der Waals surface area contributed by atoms with Crippen molar-refractivity contribution in [2.45, 2.75) is 6.42 Å². The van der Waals surface area contributed by atoms with Gasteiger partial charge in [0, 0.05) is 20.2 Å². The van der Waals surface area contributed by atoms with E-state index in [0.29, 0.717) is 6.54 Å². The third kappa shape index (κ3) is 3.29. The summed E-state index contributed by atoms with van der Waals surface area (Å²) in [5.41, 5.74) is 1.79. The van der Waals surface area contributed by atoms with Crippen LogP contribution in [0.5, 0.6) is 0 Å². The summed E-state index contributed by atoms with van der Waals surface area (Å²) < 4.78 is 30.6. The van der Waals surface area contributed by atoms with Gasteiger partial charge in [0.25, 0.3) is 0 Å². The smallest absolute Gasteiger partial charge is 0.246 e. The quantitative estimate of drug-likeness (QED) is 0.810. The van der Waals surface area contributed by atoms with E-state index in [2.05, 4.69) is 10.1 Å². The molecule has 7 heteroatoms. The summed E-state index contributed by atoms with van der Waals surface area (Å²) >= 11 is 0. The molecule has 0 atom stereocenters. The molecule has 1 amide bonds. The highest BCUT2D eigenvalue weighted by molar-refractivity contribution is 7.92. The minimum absolute atomic E-state index is 0.0629. The van der Waals surface area contributed by atoms with Crippen molar-refractivity contribution in [3.63, 3.8) is 0 Å². The zero-order chi connectivity index (χ0) is 14.6. The zero-order valence-electron chi connectivity index (χ0n) is 11.3. The topological polar surface area (TPSA) is 75.7 Å². The van der Waals surface area contributed by atoms with Gasteiger partial charge in [-0.15, -0.1) is 0 Å². The molecule has 0 radical (unpaired) electrons. The van der Waals surface area contributed by atoms with Crippen molar-refractivity contribution in [3.8, 4) is 0 Å². The number of sulfonamides is 1. The van der Waals surface area contributed by atoms with Crippen molar-refractivity contribution in [2.75, 3.05) is 36.9 Å². The summed E-state index contributed by atoms with van der Waals surface area (Å²) in [5, 5.41) is 2.52. The van der Waals surface area contributed by atoms with Gasteiger partial charge in [-0.2, -0.15) is 0 Å². The van der Waals surface area contributed by atoms with Gasteiger partial charge in [0.15, 0.2) is 0 Å². The van der Waals surface area contributed by atoms with Crippen molar-refractivity contribution in [2.24, 2.45) is 0 Å². The Hall–Kier alpha value is -1.60. The average molecular weight is 298 g/mol. The van der Waals surface area contributed by atoms with Gasteiger partial charge >= 0.3 is 0 Å². The zero-order valence-corrected chi connectivity index (χ0v) is 12.1. The van der Waals surface area contributed by atoms with E-state index in [4.69, 9.17) is 0 Å². The van der Waals surface area contributed by atoms with E-state index in [1.54, 1.807) is 0 Å². The van der Waals surface area contributed by atoms with Crippen LogP contribution >= 0.6 is 0 Å². The molecule has 0 saturated heterocycles. The van der Waals surface area contributed by atoms with Crippen LogP contribution in [0.15, 0.2) is 24.3 Å². The van der Waals surface area contributed by atoms with Crippen LogP contribution in [0.25, 0.3) is 0 Å². The van der Waals surface area contributed by atoms with Gasteiger partial charge in [-0.05, 0) is 18.1 Å². The first kappa shape index (κ1) is 14.8. The third-order valence-corrected chi connectivity index (χ3v) is 4.91. The van der Waals surface area contributed by atoms with E-state index in [1.165, 1.54) is 11.4 Å². The molecule has 0 aliphatic carbocycles. The number of hydrogen-bond donors (Lipinski definition) is 1.